The Balaban J connectivity index is 1.57. The smallest absolute Gasteiger partial charge is 0.307 e. The van der Waals surface area contributed by atoms with Crippen molar-refractivity contribution in [3.8, 4) is 0 Å². The van der Waals surface area contributed by atoms with Crippen molar-refractivity contribution in [2.75, 3.05) is 0 Å². The van der Waals surface area contributed by atoms with Crippen molar-refractivity contribution in [1.82, 2.24) is 0 Å². The molecule has 4 fully saturated rings. The summed E-state index contributed by atoms with van der Waals surface area (Å²) in [6, 6.07) is 0. The molecule has 0 aliphatic heterocycles. The average Bonchev–Trinajstić information content (AvgIpc) is 2.44. The average molecular weight is 306 g/mol. The van der Waals surface area contributed by atoms with Crippen LogP contribution in [0.5, 0.6) is 0 Å². The van der Waals surface area contributed by atoms with E-state index in [0.29, 0.717) is 11.8 Å². The predicted molar refractivity (Wildman–Crippen MR) is 80.1 cm³/mol. The summed E-state index contributed by atoms with van der Waals surface area (Å²) in [5.74, 6) is 0.0333. The lowest BCUT2D eigenvalue weighted by Gasteiger charge is -2.60. The molecule has 4 nitrogen and oxygen atoms in total. The quantitative estimate of drug-likeness (QED) is 0.821. The van der Waals surface area contributed by atoms with Gasteiger partial charge >= 0.3 is 11.9 Å². The summed E-state index contributed by atoms with van der Waals surface area (Å²) >= 11 is 0. The molecule has 0 heterocycles. The second-order valence-electron chi connectivity index (χ2n) is 8.25. The summed E-state index contributed by atoms with van der Waals surface area (Å²) in [5.41, 5.74) is 0. The van der Waals surface area contributed by atoms with Crippen LogP contribution in [0.1, 0.15) is 51.4 Å². The Hall–Kier alpha value is -1.06. The number of aliphatic carboxylic acids is 2. The maximum atomic E-state index is 11.6. The van der Waals surface area contributed by atoms with E-state index >= 15 is 0 Å². The van der Waals surface area contributed by atoms with E-state index in [9.17, 15) is 19.8 Å². The van der Waals surface area contributed by atoms with Crippen LogP contribution in [0.4, 0.5) is 0 Å². The Morgan fingerprint density at radius 2 is 1.32 bits per heavy atom. The third kappa shape index (κ3) is 2.02. The first-order chi connectivity index (χ1) is 10.6. The predicted octanol–water partition coefficient (Wildman–Crippen LogP) is 3.26. The minimum absolute atomic E-state index is 0.125. The second-order valence-corrected chi connectivity index (χ2v) is 8.25. The van der Waals surface area contributed by atoms with Crippen LogP contribution in [0.2, 0.25) is 0 Å². The molecule has 2 N–H and O–H groups in total. The molecule has 22 heavy (non-hydrogen) atoms. The highest BCUT2D eigenvalue weighted by atomic mass is 16.4. The van der Waals surface area contributed by atoms with Crippen molar-refractivity contribution >= 4 is 11.9 Å². The molecular weight excluding hydrogens is 280 g/mol. The fourth-order valence-corrected chi connectivity index (χ4v) is 6.70. The highest BCUT2D eigenvalue weighted by Gasteiger charge is 2.63. The first-order valence-electron chi connectivity index (χ1n) is 9.03. The van der Waals surface area contributed by atoms with Gasteiger partial charge in [-0.1, -0.05) is 25.7 Å². The number of rotatable bonds is 2. The summed E-state index contributed by atoms with van der Waals surface area (Å²) < 4.78 is 0. The minimum atomic E-state index is -0.890. The van der Waals surface area contributed by atoms with Crippen molar-refractivity contribution in [3.05, 3.63) is 0 Å². The van der Waals surface area contributed by atoms with E-state index in [1.165, 1.54) is 38.5 Å². The van der Waals surface area contributed by atoms with Gasteiger partial charge in [0.05, 0.1) is 11.8 Å². The van der Waals surface area contributed by atoms with Crippen molar-refractivity contribution in [1.29, 1.82) is 0 Å². The molecule has 0 aromatic heterocycles. The van der Waals surface area contributed by atoms with Gasteiger partial charge < -0.3 is 10.2 Å². The maximum absolute atomic E-state index is 11.6. The first kappa shape index (κ1) is 14.5. The van der Waals surface area contributed by atoms with Gasteiger partial charge in [-0.05, 0) is 61.2 Å². The van der Waals surface area contributed by atoms with Crippen LogP contribution in [-0.4, -0.2) is 22.2 Å². The standard InChI is InChI=1S/C18H26O4/c19-17(20)15-12-6-5-11-7-9-3-1-2-4-10(9)8-13(11)14(12)16(15)18(21)22/h9-16H,1-8H2,(H,19,20)(H,21,22). The molecule has 0 aromatic rings. The highest BCUT2D eigenvalue weighted by Crippen LogP contribution is 2.62. The number of hydrogen-bond acceptors (Lipinski definition) is 2. The fraction of sp³-hybridized carbons (Fsp3) is 0.889. The molecule has 0 bridgehead atoms. The van der Waals surface area contributed by atoms with E-state index in [1.807, 2.05) is 0 Å². The number of carboxylic acids is 2. The van der Waals surface area contributed by atoms with E-state index in [0.717, 1.165) is 24.7 Å². The molecule has 4 rings (SSSR count). The van der Waals surface area contributed by atoms with Crippen molar-refractivity contribution in [2.45, 2.75) is 51.4 Å². The zero-order valence-electron chi connectivity index (χ0n) is 13.0. The van der Waals surface area contributed by atoms with Gasteiger partial charge in [0.1, 0.15) is 0 Å². The largest absolute Gasteiger partial charge is 0.481 e. The molecular formula is C18H26O4. The molecule has 0 radical (unpaired) electrons. The molecule has 0 saturated heterocycles. The number of fused-ring (bicyclic) bond motifs is 4. The first-order valence-corrected chi connectivity index (χ1v) is 9.03. The second kappa shape index (κ2) is 5.24. The van der Waals surface area contributed by atoms with Gasteiger partial charge in [-0.25, -0.2) is 0 Å². The molecule has 4 heteroatoms. The van der Waals surface area contributed by atoms with Gasteiger partial charge in [-0.15, -0.1) is 0 Å². The Morgan fingerprint density at radius 3 is 1.95 bits per heavy atom. The monoisotopic (exact) mass is 306 g/mol. The van der Waals surface area contributed by atoms with E-state index in [2.05, 4.69) is 0 Å². The fourth-order valence-electron chi connectivity index (χ4n) is 6.70. The lowest BCUT2D eigenvalue weighted by Crippen LogP contribution is -2.61. The van der Waals surface area contributed by atoms with Gasteiger partial charge in [0.15, 0.2) is 0 Å². The normalized spacial score (nSPS) is 50.0. The molecule has 8 atom stereocenters. The van der Waals surface area contributed by atoms with Gasteiger partial charge in [0.2, 0.25) is 0 Å². The van der Waals surface area contributed by atoms with E-state index in [-0.39, 0.29) is 11.8 Å². The lowest BCUT2D eigenvalue weighted by atomic mass is 9.43. The lowest BCUT2D eigenvalue weighted by molar-refractivity contribution is -0.192. The zero-order chi connectivity index (χ0) is 15.4. The topological polar surface area (TPSA) is 74.6 Å². The molecule has 4 saturated carbocycles. The molecule has 122 valence electrons. The Bertz CT molecular complexity index is 487. The summed E-state index contributed by atoms with van der Waals surface area (Å²) in [6.07, 6.45) is 9.88. The third-order valence-corrected chi connectivity index (χ3v) is 7.55. The molecule has 8 unspecified atom stereocenters. The number of carbonyl (C=O) groups is 2. The van der Waals surface area contributed by atoms with Crippen LogP contribution in [-0.2, 0) is 9.59 Å². The summed E-state index contributed by atoms with van der Waals surface area (Å²) in [6.45, 7) is 0. The van der Waals surface area contributed by atoms with Crippen LogP contribution in [0.25, 0.3) is 0 Å². The van der Waals surface area contributed by atoms with Crippen molar-refractivity contribution in [3.63, 3.8) is 0 Å². The third-order valence-electron chi connectivity index (χ3n) is 7.55. The minimum Gasteiger partial charge on any atom is -0.481 e. The number of hydrogen-bond donors (Lipinski definition) is 2. The molecule has 4 aliphatic carbocycles. The van der Waals surface area contributed by atoms with Crippen LogP contribution in [0, 0.1) is 47.3 Å². The molecule has 0 spiro atoms. The van der Waals surface area contributed by atoms with E-state index in [1.54, 1.807) is 0 Å². The van der Waals surface area contributed by atoms with Gasteiger partial charge in [0.25, 0.3) is 0 Å². The van der Waals surface area contributed by atoms with Crippen molar-refractivity contribution < 1.29 is 19.8 Å². The highest BCUT2D eigenvalue weighted by molar-refractivity contribution is 5.83. The Labute approximate surface area is 131 Å². The molecule has 0 aromatic carbocycles. The summed E-state index contributed by atoms with van der Waals surface area (Å²) in [5, 5.41) is 19.0. The SMILES string of the molecule is O=C(O)C1C2CCC3CC4CCCCC4CC3C2C1C(=O)O. The van der Waals surface area contributed by atoms with Gasteiger partial charge in [0, 0.05) is 0 Å². The number of carboxylic acid groups (broad SMARTS) is 2. The van der Waals surface area contributed by atoms with E-state index < -0.39 is 23.8 Å². The summed E-state index contributed by atoms with van der Waals surface area (Å²) in [4.78, 5) is 23.1. The maximum Gasteiger partial charge on any atom is 0.307 e. The van der Waals surface area contributed by atoms with Crippen LogP contribution >= 0.6 is 0 Å². The Kier molecular flexibility index (Phi) is 3.46. The zero-order valence-corrected chi connectivity index (χ0v) is 13.0. The van der Waals surface area contributed by atoms with Crippen LogP contribution in [0.3, 0.4) is 0 Å². The van der Waals surface area contributed by atoms with Crippen LogP contribution in [0.15, 0.2) is 0 Å². The summed E-state index contributed by atoms with van der Waals surface area (Å²) in [7, 11) is 0. The van der Waals surface area contributed by atoms with Crippen molar-refractivity contribution in [2.24, 2.45) is 47.3 Å². The molecule has 0 amide bonds. The van der Waals surface area contributed by atoms with E-state index in [4.69, 9.17) is 0 Å². The van der Waals surface area contributed by atoms with Crippen LogP contribution < -0.4 is 0 Å². The Morgan fingerprint density at radius 1 is 0.682 bits per heavy atom. The van der Waals surface area contributed by atoms with Gasteiger partial charge in [-0.3, -0.25) is 9.59 Å². The molecule has 4 aliphatic rings. The van der Waals surface area contributed by atoms with Gasteiger partial charge in [-0.2, -0.15) is 0 Å².